The van der Waals surface area contributed by atoms with E-state index in [2.05, 4.69) is 88.5 Å². The number of oxime groups is 1. The van der Waals surface area contributed by atoms with Crippen molar-refractivity contribution in [2.45, 2.75) is 77.0 Å². The van der Waals surface area contributed by atoms with E-state index >= 15 is 0 Å². The van der Waals surface area contributed by atoms with Gasteiger partial charge in [0, 0.05) is 49.4 Å². The monoisotopic (exact) mass is 484 g/mol. The van der Waals surface area contributed by atoms with Gasteiger partial charge in [-0.25, -0.2) is 0 Å². The van der Waals surface area contributed by atoms with Crippen LogP contribution in [0.5, 0.6) is 0 Å². The van der Waals surface area contributed by atoms with Crippen LogP contribution in [-0.2, 0) is 17.8 Å². The highest BCUT2D eigenvalue weighted by atomic mass is 35.5. The second-order valence-corrected chi connectivity index (χ2v) is 13.0. The second kappa shape index (κ2) is 10.1. The summed E-state index contributed by atoms with van der Waals surface area (Å²) < 4.78 is 2.58. The van der Waals surface area contributed by atoms with Gasteiger partial charge in [0.1, 0.15) is 7.11 Å². The Hall–Kier alpha value is -1.91. The molecule has 178 valence electrons. The second-order valence-electron chi connectivity index (χ2n) is 10.7. The van der Waals surface area contributed by atoms with Crippen LogP contribution in [-0.4, -0.2) is 22.6 Å². The summed E-state index contributed by atoms with van der Waals surface area (Å²) in [6.45, 7) is 16.6. The molecule has 0 bridgehead atoms. The Morgan fingerprint density at radius 1 is 1.06 bits per heavy atom. The number of fused-ring (bicyclic) bond motifs is 1. The van der Waals surface area contributed by atoms with Crippen LogP contribution in [0.15, 0.2) is 52.5 Å². The van der Waals surface area contributed by atoms with E-state index in [4.69, 9.17) is 16.4 Å². The van der Waals surface area contributed by atoms with Gasteiger partial charge in [-0.2, -0.15) is 0 Å². The Labute approximate surface area is 208 Å². The van der Waals surface area contributed by atoms with Crippen molar-refractivity contribution in [1.82, 2.24) is 4.57 Å². The van der Waals surface area contributed by atoms with Gasteiger partial charge in [-0.1, -0.05) is 83.4 Å². The highest BCUT2D eigenvalue weighted by Crippen LogP contribution is 2.43. The lowest BCUT2D eigenvalue weighted by molar-refractivity contribution is 0.211. The lowest BCUT2D eigenvalue weighted by Crippen LogP contribution is -2.20. The summed E-state index contributed by atoms with van der Waals surface area (Å²) in [5, 5.41) is 6.20. The van der Waals surface area contributed by atoms with E-state index in [1.165, 1.54) is 32.6 Å². The highest BCUT2D eigenvalue weighted by Gasteiger charge is 2.27. The topological polar surface area (TPSA) is 26.5 Å². The average molecular weight is 485 g/mol. The standard InChI is InChI=1S/C28H37ClN2OS/c1-19(2)21-11-14-24-23(15-21)26(33-27(3,4)5)25(16-28(6,7)18-30-32-8)31(24)17-20-9-12-22(29)13-10-20/h9-15,18-19H,16-17H2,1-8H3/b30-18+. The van der Waals surface area contributed by atoms with E-state index in [1.54, 1.807) is 7.11 Å². The van der Waals surface area contributed by atoms with Crippen molar-refractivity contribution in [3.63, 3.8) is 0 Å². The lowest BCUT2D eigenvalue weighted by atomic mass is 9.89. The van der Waals surface area contributed by atoms with Crippen molar-refractivity contribution in [2.75, 3.05) is 7.11 Å². The number of nitrogens with zero attached hydrogens (tertiary/aromatic N) is 2. The third-order valence-corrected chi connectivity index (χ3v) is 7.13. The van der Waals surface area contributed by atoms with Crippen LogP contribution in [0.4, 0.5) is 0 Å². The molecule has 1 heterocycles. The molecule has 0 fully saturated rings. The first kappa shape index (κ1) is 25.7. The van der Waals surface area contributed by atoms with Gasteiger partial charge in [0.25, 0.3) is 0 Å². The summed E-state index contributed by atoms with van der Waals surface area (Å²) in [6.07, 6.45) is 2.78. The van der Waals surface area contributed by atoms with E-state index in [0.29, 0.717) is 5.92 Å². The number of hydrogen-bond donors (Lipinski definition) is 0. The van der Waals surface area contributed by atoms with Crippen molar-refractivity contribution in [3.05, 3.63) is 64.3 Å². The van der Waals surface area contributed by atoms with Crippen LogP contribution in [0, 0.1) is 5.41 Å². The van der Waals surface area contributed by atoms with E-state index in [1.807, 2.05) is 30.1 Å². The third-order valence-electron chi connectivity index (χ3n) is 5.60. The van der Waals surface area contributed by atoms with E-state index in [9.17, 15) is 0 Å². The third kappa shape index (κ3) is 6.58. The quantitative estimate of drug-likeness (QED) is 0.182. The Kier molecular flexibility index (Phi) is 7.91. The predicted molar refractivity (Wildman–Crippen MR) is 145 cm³/mol. The molecule has 0 unspecified atom stereocenters. The number of benzene rings is 2. The summed E-state index contributed by atoms with van der Waals surface area (Å²) in [5.41, 5.74) is 5.06. The molecular weight excluding hydrogens is 448 g/mol. The summed E-state index contributed by atoms with van der Waals surface area (Å²) in [6, 6.07) is 15.2. The molecule has 0 radical (unpaired) electrons. The Morgan fingerprint density at radius 2 is 1.73 bits per heavy atom. The van der Waals surface area contributed by atoms with E-state index < -0.39 is 0 Å². The first-order valence-electron chi connectivity index (χ1n) is 11.6. The molecule has 0 amide bonds. The predicted octanol–water partition coefficient (Wildman–Crippen LogP) is 8.56. The minimum absolute atomic E-state index is 0.0900. The SMILES string of the molecule is CO/N=C/C(C)(C)Cc1c(SC(C)(C)C)c2cc(C(C)C)ccc2n1Cc1ccc(Cl)cc1. The molecule has 2 aromatic carbocycles. The van der Waals surface area contributed by atoms with Gasteiger partial charge in [-0.3, -0.25) is 0 Å². The first-order valence-corrected chi connectivity index (χ1v) is 12.8. The normalized spacial score (nSPS) is 12.9. The van der Waals surface area contributed by atoms with Crippen LogP contribution >= 0.6 is 23.4 Å². The van der Waals surface area contributed by atoms with Crippen LogP contribution in [0.1, 0.15) is 71.2 Å². The molecule has 5 heteroatoms. The lowest BCUT2D eigenvalue weighted by Gasteiger charge is -2.24. The molecule has 0 saturated carbocycles. The van der Waals surface area contributed by atoms with Crippen molar-refractivity contribution in [3.8, 4) is 0 Å². The molecular formula is C28H37ClN2OS. The maximum absolute atomic E-state index is 6.16. The zero-order chi connectivity index (χ0) is 24.4. The van der Waals surface area contributed by atoms with Crippen LogP contribution < -0.4 is 0 Å². The van der Waals surface area contributed by atoms with E-state index in [-0.39, 0.29) is 10.2 Å². The van der Waals surface area contributed by atoms with Gasteiger partial charge in [-0.15, -0.1) is 11.8 Å². The van der Waals surface area contributed by atoms with Gasteiger partial charge in [-0.05, 0) is 47.7 Å². The Bertz CT molecular complexity index is 1120. The molecule has 3 aromatic rings. The fourth-order valence-corrected chi connectivity index (χ4v) is 5.29. The number of halogens is 1. The minimum Gasteiger partial charge on any atom is -0.399 e. The Balaban J connectivity index is 2.27. The fraction of sp³-hybridized carbons (Fsp3) is 0.464. The molecule has 3 rings (SSSR count). The summed E-state index contributed by atoms with van der Waals surface area (Å²) in [5.74, 6) is 0.482. The maximum atomic E-state index is 6.16. The average Bonchev–Trinajstić information content (AvgIpc) is 2.98. The number of rotatable bonds is 8. The molecule has 3 nitrogen and oxygen atoms in total. The fourth-order valence-electron chi connectivity index (χ4n) is 3.97. The Morgan fingerprint density at radius 3 is 2.30 bits per heavy atom. The first-order chi connectivity index (χ1) is 15.4. The zero-order valence-corrected chi connectivity index (χ0v) is 22.8. The number of hydrogen-bond acceptors (Lipinski definition) is 3. The zero-order valence-electron chi connectivity index (χ0n) is 21.2. The minimum atomic E-state index is -0.157. The molecule has 0 atom stereocenters. The summed E-state index contributed by atoms with van der Waals surface area (Å²) >= 11 is 8.12. The summed E-state index contributed by atoms with van der Waals surface area (Å²) in [4.78, 5) is 6.38. The summed E-state index contributed by atoms with van der Waals surface area (Å²) in [7, 11) is 1.60. The van der Waals surface area contributed by atoms with Gasteiger partial charge in [0.05, 0.1) is 0 Å². The maximum Gasteiger partial charge on any atom is 0.106 e. The van der Waals surface area contributed by atoms with Crippen molar-refractivity contribution in [1.29, 1.82) is 0 Å². The molecule has 0 saturated heterocycles. The van der Waals surface area contributed by atoms with E-state index in [0.717, 1.165) is 18.0 Å². The molecule has 0 aliphatic carbocycles. The van der Waals surface area contributed by atoms with Crippen LogP contribution in [0.3, 0.4) is 0 Å². The molecule has 0 aliphatic heterocycles. The molecule has 1 aromatic heterocycles. The molecule has 0 spiro atoms. The van der Waals surface area contributed by atoms with Crippen molar-refractivity contribution >= 4 is 40.5 Å². The van der Waals surface area contributed by atoms with Crippen molar-refractivity contribution < 1.29 is 4.84 Å². The smallest absolute Gasteiger partial charge is 0.106 e. The largest absolute Gasteiger partial charge is 0.399 e. The van der Waals surface area contributed by atoms with Gasteiger partial charge < -0.3 is 9.40 Å². The molecule has 0 N–H and O–H groups in total. The van der Waals surface area contributed by atoms with Crippen molar-refractivity contribution in [2.24, 2.45) is 10.6 Å². The van der Waals surface area contributed by atoms with Crippen LogP contribution in [0.25, 0.3) is 10.9 Å². The molecule has 0 aliphatic rings. The number of thioether (sulfide) groups is 1. The number of aromatic nitrogens is 1. The van der Waals surface area contributed by atoms with Gasteiger partial charge in [0.15, 0.2) is 0 Å². The highest BCUT2D eigenvalue weighted by molar-refractivity contribution is 8.00. The van der Waals surface area contributed by atoms with Crippen LogP contribution in [0.2, 0.25) is 5.02 Å². The van der Waals surface area contributed by atoms with Gasteiger partial charge >= 0.3 is 0 Å². The molecule has 33 heavy (non-hydrogen) atoms. The van der Waals surface area contributed by atoms with Gasteiger partial charge in [0.2, 0.25) is 0 Å².